The summed E-state index contributed by atoms with van der Waals surface area (Å²) in [7, 11) is 0. The Labute approximate surface area is 66.7 Å². The Bertz CT molecular complexity index is 226. The van der Waals surface area contributed by atoms with Gasteiger partial charge < -0.3 is 5.32 Å². The summed E-state index contributed by atoms with van der Waals surface area (Å²) in [6.07, 6.45) is 10.6. The summed E-state index contributed by atoms with van der Waals surface area (Å²) in [6.45, 7) is 1.95. The van der Waals surface area contributed by atoms with E-state index in [4.69, 9.17) is 0 Å². The molecule has 0 saturated carbocycles. The van der Waals surface area contributed by atoms with Gasteiger partial charge in [-0.15, -0.1) is 0 Å². The van der Waals surface area contributed by atoms with E-state index in [-0.39, 0.29) is 0 Å². The van der Waals surface area contributed by atoms with E-state index in [1.807, 2.05) is 0 Å². The number of fused-ring (bicyclic) bond motifs is 1. The predicted molar refractivity (Wildman–Crippen MR) is 45.9 cm³/mol. The molecule has 11 heavy (non-hydrogen) atoms. The molecule has 0 amide bonds. The second-order valence-corrected chi connectivity index (χ2v) is 2.81. The molecule has 1 saturated heterocycles. The Morgan fingerprint density at radius 3 is 3.27 bits per heavy atom. The molecule has 2 aliphatic rings. The van der Waals surface area contributed by atoms with Crippen LogP contribution in [0, 0.1) is 5.92 Å². The van der Waals surface area contributed by atoms with Gasteiger partial charge in [-0.1, -0.05) is 24.3 Å². The lowest BCUT2D eigenvalue weighted by Crippen LogP contribution is -2.41. The van der Waals surface area contributed by atoms with Crippen molar-refractivity contribution in [2.45, 2.75) is 0 Å². The summed E-state index contributed by atoms with van der Waals surface area (Å²) in [4.78, 5) is 0. The van der Waals surface area contributed by atoms with Gasteiger partial charge in [0.2, 0.25) is 0 Å². The largest absolute Gasteiger partial charge is 0.375 e. The van der Waals surface area contributed by atoms with E-state index in [0.717, 1.165) is 13.2 Å². The summed E-state index contributed by atoms with van der Waals surface area (Å²) in [6, 6.07) is 0. The van der Waals surface area contributed by atoms with Gasteiger partial charge in [-0.3, -0.25) is 5.32 Å². The SMILES string of the molecule is C1=CC=C2NCNCC2C=C1. The Morgan fingerprint density at radius 1 is 1.27 bits per heavy atom. The van der Waals surface area contributed by atoms with Crippen molar-refractivity contribution >= 4 is 0 Å². The van der Waals surface area contributed by atoms with Crippen LogP contribution in [0.3, 0.4) is 0 Å². The minimum Gasteiger partial charge on any atom is -0.375 e. The van der Waals surface area contributed by atoms with E-state index >= 15 is 0 Å². The zero-order valence-corrected chi connectivity index (χ0v) is 6.38. The van der Waals surface area contributed by atoms with Crippen LogP contribution in [-0.4, -0.2) is 13.2 Å². The molecule has 1 unspecified atom stereocenters. The fourth-order valence-electron chi connectivity index (χ4n) is 1.41. The molecule has 0 aromatic rings. The first-order chi connectivity index (χ1) is 5.47. The van der Waals surface area contributed by atoms with E-state index in [9.17, 15) is 0 Å². The van der Waals surface area contributed by atoms with Crippen molar-refractivity contribution in [3.8, 4) is 0 Å². The first kappa shape index (κ1) is 6.68. The number of hydrogen-bond donors (Lipinski definition) is 2. The Balaban J connectivity index is 2.21. The second-order valence-electron chi connectivity index (χ2n) is 2.81. The van der Waals surface area contributed by atoms with Crippen molar-refractivity contribution in [1.82, 2.24) is 10.6 Å². The zero-order valence-electron chi connectivity index (χ0n) is 6.38. The maximum absolute atomic E-state index is 3.31. The molecule has 0 radical (unpaired) electrons. The lowest BCUT2D eigenvalue weighted by molar-refractivity contribution is 0.491. The van der Waals surface area contributed by atoms with Gasteiger partial charge in [0.05, 0.1) is 6.67 Å². The molecular weight excluding hydrogens is 136 g/mol. The second kappa shape index (κ2) is 2.93. The molecule has 2 nitrogen and oxygen atoms in total. The zero-order chi connectivity index (χ0) is 7.52. The summed E-state index contributed by atoms with van der Waals surface area (Å²) < 4.78 is 0. The molecule has 0 aromatic heterocycles. The van der Waals surface area contributed by atoms with Crippen molar-refractivity contribution in [3.05, 3.63) is 36.1 Å². The summed E-state index contributed by atoms with van der Waals surface area (Å²) in [5, 5.41) is 6.59. The van der Waals surface area contributed by atoms with Crippen LogP contribution < -0.4 is 10.6 Å². The van der Waals surface area contributed by atoms with E-state index < -0.39 is 0 Å². The van der Waals surface area contributed by atoms with Crippen LogP contribution in [0.25, 0.3) is 0 Å². The van der Waals surface area contributed by atoms with Crippen LogP contribution in [0.2, 0.25) is 0 Å². The first-order valence-corrected chi connectivity index (χ1v) is 3.96. The molecule has 1 aliphatic heterocycles. The molecule has 0 bridgehead atoms. The molecule has 58 valence electrons. The maximum Gasteiger partial charge on any atom is 0.0650 e. The van der Waals surface area contributed by atoms with Gasteiger partial charge >= 0.3 is 0 Å². The average Bonchev–Trinajstić information content (AvgIpc) is 2.28. The summed E-state index contributed by atoms with van der Waals surface area (Å²) >= 11 is 0. The van der Waals surface area contributed by atoms with Gasteiger partial charge in [-0.05, 0) is 6.08 Å². The van der Waals surface area contributed by atoms with Crippen LogP contribution in [0.15, 0.2) is 36.1 Å². The predicted octanol–water partition coefficient (Wildman–Crippen LogP) is 0.763. The molecule has 1 heterocycles. The van der Waals surface area contributed by atoms with Gasteiger partial charge in [-0.25, -0.2) is 0 Å². The van der Waals surface area contributed by atoms with Crippen molar-refractivity contribution in [1.29, 1.82) is 0 Å². The highest BCUT2D eigenvalue weighted by Crippen LogP contribution is 2.14. The third-order valence-corrected chi connectivity index (χ3v) is 2.02. The van der Waals surface area contributed by atoms with Gasteiger partial charge in [0.1, 0.15) is 0 Å². The van der Waals surface area contributed by atoms with Gasteiger partial charge in [0.15, 0.2) is 0 Å². The molecule has 1 atom stereocenters. The molecule has 0 aromatic carbocycles. The van der Waals surface area contributed by atoms with E-state index in [1.165, 1.54) is 5.70 Å². The first-order valence-electron chi connectivity index (χ1n) is 3.96. The summed E-state index contributed by atoms with van der Waals surface area (Å²) in [5.41, 5.74) is 1.33. The van der Waals surface area contributed by atoms with Crippen LogP contribution >= 0.6 is 0 Å². The number of allylic oxidation sites excluding steroid dienone is 4. The number of hydrogen-bond acceptors (Lipinski definition) is 2. The lowest BCUT2D eigenvalue weighted by Gasteiger charge is -2.24. The van der Waals surface area contributed by atoms with Gasteiger partial charge in [0.25, 0.3) is 0 Å². The highest BCUT2D eigenvalue weighted by atomic mass is 15.1. The van der Waals surface area contributed by atoms with Crippen molar-refractivity contribution < 1.29 is 0 Å². The Hall–Kier alpha value is -1.02. The maximum atomic E-state index is 3.31. The molecule has 2 N–H and O–H groups in total. The van der Waals surface area contributed by atoms with Gasteiger partial charge in [0, 0.05) is 18.2 Å². The molecule has 1 fully saturated rings. The molecular formula is C9H12N2. The fourth-order valence-corrected chi connectivity index (χ4v) is 1.41. The normalized spacial score (nSPS) is 28.4. The number of rotatable bonds is 0. The number of nitrogens with one attached hydrogen (secondary N) is 2. The fraction of sp³-hybridized carbons (Fsp3) is 0.333. The third-order valence-electron chi connectivity index (χ3n) is 2.02. The third kappa shape index (κ3) is 1.35. The monoisotopic (exact) mass is 148 g/mol. The van der Waals surface area contributed by atoms with Crippen LogP contribution in [0.5, 0.6) is 0 Å². The minimum absolute atomic E-state index is 0.541. The lowest BCUT2D eigenvalue weighted by atomic mass is 10.0. The van der Waals surface area contributed by atoms with Crippen LogP contribution in [0.1, 0.15) is 0 Å². The molecule has 0 spiro atoms. The van der Waals surface area contributed by atoms with E-state index in [0.29, 0.717) is 5.92 Å². The molecule has 2 rings (SSSR count). The van der Waals surface area contributed by atoms with Crippen LogP contribution in [-0.2, 0) is 0 Å². The van der Waals surface area contributed by atoms with E-state index in [1.54, 1.807) is 0 Å². The van der Waals surface area contributed by atoms with Gasteiger partial charge in [-0.2, -0.15) is 0 Å². The van der Waals surface area contributed by atoms with Crippen molar-refractivity contribution in [3.63, 3.8) is 0 Å². The Kier molecular flexibility index (Phi) is 1.78. The highest BCUT2D eigenvalue weighted by Gasteiger charge is 2.14. The van der Waals surface area contributed by atoms with Crippen LogP contribution in [0.4, 0.5) is 0 Å². The molecule has 2 heteroatoms. The topological polar surface area (TPSA) is 24.1 Å². The van der Waals surface area contributed by atoms with Crippen molar-refractivity contribution in [2.75, 3.05) is 13.2 Å². The summed E-state index contributed by atoms with van der Waals surface area (Å²) in [5.74, 6) is 0.541. The van der Waals surface area contributed by atoms with Crippen molar-refractivity contribution in [2.24, 2.45) is 5.92 Å². The standard InChI is InChI=1S/C9H12N2/c1-2-4-8-6-10-7-11-9(8)5-3-1/h1-5,8,10-11H,6-7H2. The highest BCUT2D eigenvalue weighted by molar-refractivity contribution is 5.26. The Morgan fingerprint density at radius 2 is 2.27 bits per heavy atom. The average molecular weight is 148 g/mol. The van der Waals surface area contributed by atoms with E-state index in [2.05, 4.69) is 41.0 Å². The minimum atomic E-state index is 0.541. The smallest absolute Gasteiger partial charge is 0.0650 e. The molecule has 1 aliphatic carbocycles. The quantitative estimate of drug-likeness (QED) is 0.530.